The van der Waals surface area contributed by atoms with Crippen molar-refractivity contribution in [2.45, 2.75) is 6.54 Å². The van der Waals surface area contributed by atoms with Crippen molar-refractivity contribution in [2.75, 3.05) is 41.9 Å². The SMILES string of the molecule is COCOc1cc(CN(C)C)c(O)c(OCOC)c1. The first-order valence-corrected chi connectivity index (χ1v) is 5.82. The van der Waals surface area contributed by atoms with Crippen molar-refractivity contribution in [2.24, 2.45) is 0 Å². The molecule has 1 aromatic carbocycles. The van der Waals surface area contributed by atoms with Gasteiger partial charge in [-0.1, -0.05) is 0 Å². The lowest BCUT2D eigenvalue weighted by Gasteiger charge is -2.16. The van der Waals surface area contributed by atoms with Gasteiger partial charge in [-0.2, -0.15) is 0 Å². The van der Waals surface area contributed by atoms with Crippen LogP contribution in [0.4, 0.5) is 0 Å². The number of rotatable bonds is 8. The van der Waals surface area contributed by atoms with Gasteiger partial charge in [-0.05, 0) is 20.2 Å². The van der Waals surface area contributed by atoms with Gasteiger partial charge in [-0.25, -0.2) is 0 Å². The van der Waals surface area contributed by atoms with Crippen LogP contribution < -0.4 is 9.47 Å². The standard InChI is InChI=1S/C13H21NO5/c1-14(2)7-10-5-11(18-8-16-3)6-12(13(10)15)19-9-17-4/h5-6,15H,7-9H2,1-4H3. The summed E-state index contributed by atoms with van der Waals surface area (Å²) in [5.41, 5.74) is 0.713. The molecule has 1 rings (SSSR count). The fraction of sp³-hybridized carbons (Fsp3) is 0.538. The van der Waals surface area contributed by atoms with E-state index in [2.05, 4.69) is 0 Å². The van der Waals surface area contributed by atoms with Crippen molar-refractivity contribution in [3.63, 3.8) is 0 Å². The van der Waals surface area contributed by atoms with Crippen LogP contribution in [0.2, 0.25) is 0 Å². The third-order valence-electron chi connectivity index (χ3n) is 2.29. The quantitative estimate of drug-likeness (QED) is 0.722. The van der Waals surface area contributed by atoms with Gasteiger partial charge in [0.2, 0.25) is 0 Å². The number of hydrogen-bond acceptors (Lipinski definition) is 6. The molecule has 0 aliphatic rings. The zero-order chi connectivity index (χ0) is 14.3. The number of benzene rings is 1. The Bertz CT molecular complexity index is 395. The van der Waals surface area contributed by atoms with E-state index < -0.39 is 0 Å². The molecule has 0 saturated heterocycles. The Kier molecular flexibility index (Phi) is 6.41. The molecule has 108 valence electrons. The maximum atomic E-state index is 10.1. The lowest BCUT2D eigenvalue weighted by Crippen LogP contribution is -2.11. The molecule has 0 heterocycles. The Hall–Kier alpha value is -1.50. The van der Waals surface area contributed by atoms with E-state index in [9.17, 15) is 5.11 Å². The predicted octanol–water partition coefficient (Wildman–Crippen LogP) is 1.42. The molecule has 0 bridgehead atoms. The van der Waals surface area contributed by atoms with Crippen molar-refractivity contribution in [3.8, 4) is 17.2 Å². The maximum absolute atomic E-state index is 10.1. The molecule has 0 atom stereocenters. The molecule has 0 unspecified atom stereocenters. The van der Waals surface area contributed by atoms with Gasteiger partial charge in [0, 0.05) is 32.4 Å². The molecule has 0 aliphatic heterocycles. The summed E-state index contributed by atoms with van der Waals surface area (Å²) in [6.07, 6.45) is 0. The molecule has 1 aromatic rings. The fourth-order valence-corrected chi connectivity index (χ4v) is 1.54. The number of ether oxygens (including phenoxy) is 4. The lowest BCUT2D eigenvalue weighted by atomic mass is 10.1. The van der Waals surface area contributed by atoms with Gasteiger partial charge in [-0.15, -0.1) is 0 Å². The lowest BCUT2D eigenvalue weighted by molar-refractivity contribution is 0.0445. The highest BCUT2D eigenvalue weighted by Gasteiger charge is 2.13. The molecule has 0 saturated carbocycles. The third kappa shape index (κ3) is 4.94. The number of methoxy groups -OCH3 is 2. The van der Waals surface area contributed by atoms with Crippen LogP contribution in [0.15, 0.2) is 12.1 Å². The minimum atomic E-state index is 0.0582. The molecule has 0 radical (unpaired) electrons. The minimum absolute atomic E-state index is 0.0582. The van der Waals surface area contributed by atoms with Crippen LogP contribution in [0.25, 0.3) is 0 Å². The van der Waals surface area contributed by atoms with Crippen LogP contribution >= 0.6 is 0 Å². The Morgan fingerprint density at radius 3 is 2.26 bits per heavy atom. The second kappa shape index (κ2) is 7.83. The van der Waals surface area contributed by atoms with Gasteiger partial charge in [0.05, 0.1) is 0 Å². The first kappa shape index (κ1) is 15.6. The zero-order valence-corrected chi connectivity index (χ0v) is 11.8. The average Bonchev–Trinajstić information content (AvgIpc) is 2.37. The monoisotopic (exact) mass is 271 g/mol. The molecule has 0 amide bonds. The topological polar surface area (TPSA) is 60.4 Å². The van der Waals surface area contributed by atoms with Gasteiger partial charge in [0.15, 0.2) is 25.1 Å². The van der Waals surface area contributed by atoms with E-state index in [1.54, 1.807) is 19.2 Å². The van der Waals surface area contributed by atoms with Gasteiger partial charge >= 0.3 is 0 Å². The number of phenolic OH excluding ortho intramolecular Hbond substituents is 1. The molecular weight excluding hydrogens is 250 g/mol. The number of hydrogen-bond donors (Lipinski definition) is 1. The Balaban J connectivity index is 2.99. The van der Waals surface area contributed by atoms with E-state index in [0.717, 1.165) is 0 Å². The average molecular weight is 271 g/mol. The summed E-state index contributed by atoms with van der Waals surface area (Å²) < 4.78 is 20.4. The molecular formula is C13H21NO5. The molecule has 1 N–H and O–H groups in total. The molecule has 6 nitrogen and oxygen atoms in total. The highest BCUT2D eigenvalue weighted by molar-refractivity contribution is 5.50. The van der Waals surface area contributed by atoms with Crippen molar-refractivity contribution >= 4 is 0 Å². The third-order valence-corrected chi connectivity index (χ3v) is 2.29. The largest absolute Gasteiger partial charge is 0.504 e. The van der Waals surface area contributed by atoms with Gasteiger partial charge in [0.1, 0.15) is 5.75 Å². The summed E-state index contributed by atoms with van der Waals surface area (Å²) in [6.45, 7) is 0.762. The minimum Gasteiger partial charge on any atom is -0.504 e. The Morgan fingerprint density at radius 2 is 1.68 bits per heavy atom. The van der Waals surface area contributed by atoms with E-state index in [1.807, 2.05) is 19.0 Å². The fourth-order valence-electron chi connectivity index (χ4n) is 1.54. The van der Waals surface area contributed by atoms with Crippen molar-refractivity contribution in [1.29, 1.82) is 0 Å². The van der Waals surface area contributed by atoms with Crippen LogP contribution in [-0.4, -0.2) is 51.9 Å². The number of nitrogens with zero attached hydrogens (tertiary/aromatic N) is 1. The van der Waals surface area contributed by atoms with Crippen molar-refractivity contribution in [1.82, 2.24) is 4.90 Å². The molecule has 0 spiro atoms. The van der Waals surface area contributed by atoms with E-state index >= 15 is 0 Å². The van der Waals surface area contributed by atoms with Crippen LogP contribution in [0.5, 0.6) is 17.2 Å². The molecule has 19 heavy (non-hydrogen) atoms. The van der Waals surface area contributed by atoms with Crippen molar-refractivity contribution < 1.29 is 24.1 Å². The Labute approximate surface area is 113 Å². The summed E-state index contributed by atoms with van der Waals surface area (Å²) in [4.78, 5) is 1.94. The van der Waals surface area contributed by atoms with Crippen LogP contribution in [0.3, 0.4) is 0 Å². The van der Waals surface area contributed by atoms with Crippen LogP contribution in [0, 0.1) is 0 Å². The van der Waals surface area contributed by atoms with E-state index in [-0.39, 0.29) is 19.3 Å². The number of aromatic hydroxyl groups is 1. The highest BCUT2D eigenvalue weighted by Crippen LogP contribution is 2.35. The van der Waals surface area contributed by atoms with E-state index in [1.165, 1.54) is 7.11 Å². The molecule has 0 aliphatic carbocycles. The summed E-state index contributed by atoms with van der Waals surface area (Å²) in [5.74, 6) is 0.991. The van der Waals surface area contributed by atoms with Gasteiger partial charge in [0.25, 0.3) is 0 Å². The normalized spacial score (nSPS) is 10.8. The van der Waals surface area contributed by atoms with E-state index in [0.29, 0.717) is 23.6 Å². The summed E-state index contributed by atoms with van der Waals surface area (Å²) in [5, 5.41) is 10.1. The van der Waals surface area contributed by atoms with Crippen LogP contribution in [-0.2, 0) is 16.0 Å². The number of phenols is 1. The molecule has 0 fully saturated rings. The summed E-state index contributed by atoms with van der Waals surface area (Å²) in [6, 6.07) is 3.36. The highest BCUT2D eigenvalue weighted by atomic mass is 16.7. The summed E-state index contributed by atoms with van der Waals surface area (Å²) >= 11 is 0. The van der Waals surface area contributed by atoms with Crippen LogP contribution in [0.1, 0.15) is 5.56 Å². The smallest absolute Gasteiger partial charge is 0.188 e. The van der Waals surface area contributed by atoms with Gasteiger partial charge in [-0.3, -0.25) is 0 Å². The second-order valence-electron chi connectivity index (χ2n) is 4.27. The Morgan fingerprint density at radius 1 is 1.05 bits per heavy atom. The maximum Gasteiger partial charge on any atom is 0.188 e. The van der Waals surface area contributed by atoms with Crippen molar-refractivity contribution in [3.05, 3.63) is 17.7 Å². The summed E-state index contributed by atoms with van der Waals surface area (Å²) in [7, 11) is 6.89. The first-order chi connectivity index (χ1) is 9.08. The molecule has 6 heteroatoms. The van der Waals surface area contributed by atoms with Gasteiger partial charge < -0.3 is 29.0 Å². The predicted molar refractivity (Wildman–Crippen MR) is 70.5 cm³/mol. The zero-order valence-electron chi connectivity index (χ0n) is 11.8. The molecule has 0 aromatic heterocycles. The van der Waals surface area contributed by atoms with E-state index in [4.69, 9.17) is 18.9 Å². The second-order valence-corrected chi connectivity index (χ2v) is 4.27. The first-order valence-electron chi connectivity index (χ1n) is 5.82.